The van der Waals surface area contributed by atoms with E-state index >= 15 is 0 Å². The predicted octanol–water partition coefficient (Wildman–Crippen LogP) is 2.72. The van der Waals surface area contributed by atoms with Gasteiger partial charge in [0.25, 0.3) is 11.8 Å². The maximum absolute atomic E-state index is 12.1. The highest BCUT2D eigenvalue weighted by atomic mass is 79.9. The topological polar surface area (TPSA) is 94.3 Å². The second-order valence-electron chi connectivity index (χ2n) is 4.58. The summed E-state index contributed by atoms with van der Waals surface area (Å²) >= 11 is 4.41. The van der Waals surface area contributed by atoms with Gasteiger partial charge in [-0.25, -0.2) is 4.98 Å². The summed E-state index contributed by atoms with van der Waals surface area (Å²) in [5.41, 5.74) is 6.22. The van der Waals surface area contributed by atoms with Gasteiger partial charge in [-0.3, -0.25) is 14.9 Å². The molecule has 1 atom stereocenters. The van der Waals surface area contributed by atoms with E-state index in [0.717, 1.165) is 21.4 Å². The van der Waals surface area contributed by atoms with Gasteiger partial charge in [0.1, 0.15) is 10.6 Å². The predicted molar refractivity (Wildman–Crippen MR) is 88.2 cm³/mol. The zero-order valence-corrected chi connectivity index (χ0v) is 14.3. The summed E-state index contributed by atoms with van der Waals surface area (Å²) in [6.45, 7) is 3.59. The third-order valence-electron chi connectivity index (χ3n) is 2.74. The molecule has 0 aliphatic heterocycles. The smallest absolute Gasteiger partial charge is 0.266 e. The lowest BCUT2D eigenvalue weighted by Gasteiger charge is -2.15. The highest BCUT2D eigenvalue weighted by molar-refractivity contribution is 9.10. The molecule has 3 N–H and O–H groups in total. The molecule has 1 heterocycles. The van der Waals surface area contributed by atoms with Crippen LogP contribution in [0.2, 0.25) is 0 Å². The number of anilines is 1. The van der Waals surface area contributed by atoms with Crippen LogP contribution in [0.4, 0.5) is 5.13 Å². The number of primary amides is 1. The first-order chi connectivity index (χ1) is 10.4. The Kier molecular flexibility index (Phi) is 5.15. The highest BCUT2D eigenvalue weighted by Crippen LogP contribution is 2.27. The number of aromatic nitrogens is 1. The summed E-state index contributed by atoms with van der Waals surface area (Å²) in [6.07, 6.45) is 0.602. The summed E-state index contributed by atoms with van der Waals surface area (Å²) in [5.74, 6) is -0.367. The van der Waals surface area contributed by atoms with Gasteiger partial charge < -0.3 is 10.5 Å². The van der Waals surface area contributed by atoms with Crippen LogP contribution in [0.15, 0.2) is 28.9 Å². The molecule has 8 heteroatoms. The van der Waals surface area contributed by atoms with Gasteiger partial charge in [-0.2, -0.15) is 0 Å². The van der Waals surface area contributed by atoms with E-state index in [2.05, 4.69) is 26.2 Å². The number of benzene rings is 1. The van der Waals surface area contributed by atoms with Crippen LogP contribution in [0.5, 0.6) is 5.75 Å². The lowest BCUT2D eigenvalue weighted by atomic mass is 10.2. The van der Waals surface area contributed by atoms with Gasteiger partial charge in [-0.1, -0.05) is 17.4 Å². The molecule has 22 heavy (non-hydrogen) atoms. The Morgan fingerprint density at radius 1 is 1.45 bits per heavy atom. The molecule has 0 saturated carbocycles. The van der Waals surface area contributed by atoms with Gasteiger partial charge in [0.2, 0.25) is 0 Å². The molecular weight excluding hydrogens is 370 g/mol. The summed E-state index contributed by atoms with van der Waals surface area (Å²) in [4.78, 5) is 27.3. The number of carbonyl (C=O) groups is 2. The first-order valence-corrected chi connectivity index (χ1v) is 7.97. The Morgan fingerprint density at radius 3 is 2.77 bits per heavy atom. The summed E-state index contributed by atoms with van der Waals surface area (Å²) in [6, 6.07) is 5.59. The molecule has 1 aromatic heterocycles. The van der Waals surface area contributed by atoms with Crippen molar-refractivity contribution in [3.05, 3.63) is 39.3 Å². The molecular formula is C14H14BrN3O3S. The van der Waals surface area contributed by atoms with Crippen molar-refractivity contribution in [3.8, 4) is 5.75 Å². The Balaban J connectivity index is 2.00. The average molecular weight is 384 g/mol. The molecule has 0 bridgehead atoms. The molecule has 2 amide bonds. The van der Waals surface area contributed by atoms with Crippen LogP contribution in [-0.2, 0) is 4.79 Å². The van der Waals surface area contributed by atoms with Gasteiger partial charge in [-0.15, -0.1) is 0 Å². The van der Waals surface area contributed by atoms with Crippen LogP contribution in [-0.4, -0.2) is 22.9 Å². The van der Waals surface area contributed by atoms with Crippen molar-refractivity contribution in [2.24, 2.45) is 5.73 Å². The van der Waals surface area contributed by atoms with Crippen LogP contribution < -0.4 is 15.8 Å². The summed E-state index contributed by atoms with van der Waals surface area (Å²) in [7, 11) is 0. The second-order valence-corrected chi connectivity index (χ2v) is 6.46. The Morgan fingerprint density at radius 2 is 2.18 bits per heavy atom. The largest absolute Gasteiger partial charge is 0.480 e. The Bertz CT molecular complexity index is 717. The van der Waals surface area contributed by atoms with E-state index in [-0.39, 0.29) is 10.8 Å². The molecule has 6 nitrogen and oxygen atoms in total. The maximum Gasteiger partial charge on any atom is 0.266 e. The number of nitrogens with one attached hydrogen (secondary N) is 1. The molecule has 116 valence electrons. The number of nitrogens with two attached hydrogens (primary N) is 1. The first kappa shape index (κ1) is 16.4. The molecule has 1 unspecified atom stereocenters. The van der Waals surface area contributed by atoms with Crippen molar-refractivity contribution < 1.29 is 14.3 Å². The zero-order valence-electron chi connectivity index (χ0n) is 11.9. The van der Waals surface area contributed by atoms with Crippen molar-refractivity contribution in [1.82, 2.24) is 4.98 Å². The third-order valence-corrected chi connectivity index (χ3v) is 4.29. The average Bonchev–Trinajstić information content (AvgIpc) is 2.90. The fourth-order valence-electron chi connectivity index (χ4n) is 1.60. The van der Waals surface area contributed by atoms with E-state index in [9.17, 15) is 9.59 Å². The number of ether oxygens (including phenoxy) is 1. The minimum atomic E-state index is -0.722. The number of carbonyl (C=O) groups excluding carboxylic acids is 2. The standard InChI is InChI=1S/C14H14BrN3O3S/c1-7-3-4-10(9(15)5-7)21-8(2)13(20)18-14-17-6-11(22-14)12(16)19/h3-6,8H,1-2H3,(H2,16,19)(H,17,18,20). The molecule has 0 radical (unpaired) electrons. The van der Waals surface area contributed by atoms with E-state index in [0.29, 0.717) is 10.9 Å². The van der Waals surface area contributed by atoms with Crippen molar-refractivity contribution in [3.63, 3.8) is 0 Å². The van der Waals surface area contributed by atoms with E-state index in [1.54, 1.807) is 13.0 Å². The van der Waals surface area contributed by atoms with Crippen molar-refractivity contribution in [2.75, 3.05) is 5.32 Å². The van der Waals surface area contributed by atoms with E-state index < -0.39 is 12.0 Å². The van der Waals surface area contributed by atoms with E-state index in [4.69, 9.17) is 10.5 Å². The molecule has 1 aromatic carbocycles. The molecule has 0 fully saturated rings. The van der Waals surface area contributed by atoms with Gasteiger partial charge in [0.05, 0.1) is 10.7 Å². The van der Waals surface area contributed by atoms with Gasteiger partial charge in [-0.05, 0) is 47.5 Å². The highest BCUT2D eigenvalue weighted by Gasteiger charge is 2.18. The maximum atomic E-state index is 12.1. The number of rotatable bonds is 5. The Hall–Kier alpha value is -1.93. The quantitative estimate of drug-likeness (QED) is 0.829. The van der Waals surface area contributed by atoms with Crippen molar-refractivity contribution in [1.29, 1.82) is 0 Å². The zero-order chi connectivity index (χ0) is 16.3. The number of hydrogen-bond donors (Lipinski definition) is 2. The van der Waals surface area contributed by atoms with Crippen molar-refractivity contribution in [2.45, 2.75) is 20.0 Å². The number of thiazole rings is 1. The van der Waals surface area contributed by atoms with Crippen LogP contribution in [0, 0.1) is 6.92 Å². The molecule has 2 aromatic rings. The lowest BCUT2D eigenvalue weighted by molar-refractivity contribution is -0.122. The summed E-state index contributed by atoms with van der Waals surface area (Å²) < 4.78 is 6.39. The third kappa shape index (κ3) is 4.05. The number of nitrogens with zero attached hydrogens (tertiary/aromatic N) is 1. The lowest BCUT2D eigenvalue weighted by Crippen LogP contribution is -2.30. The van der Waals surface area contributed by atoms with Crippen LogP contribution in [0.3, 0.4) is 0 Å². The van der Waals surface area contributed by atoms with Gasteiger partial charge in [0, 0.05) is 0 Å². The molecule has 0 aliphatic carbocycles. The normalized spacial score (nSPS) is 11.8. The van der Waals surface area contributed by atoms with E-state index in [1.807, 2.05) is 19.1 Å². The second kappa shape index (κ2) is 6.89. The molecule has 0 aliphatic rings. The minimum absolute atomic E-state index is 0.283. The SMILES string of the molecule is Cc1ccc(OC(C)C(=O)Nc2ncc(C(N)=O)s2)c(Br)c1. The number of halogens is 1. The van der Waals surface area contributed by atoms with Crippen molar-refractivity contribution >= 4 is 44.2 Å². The fraction of sp³-hybridized carbons (Fsp3) is 0.214. The number of amides is 2. The number of aryl methyl sites for hydroxylation is 1. The monoisotopic (exact) mass is 383 g/mol. The fourth-order valence-corrected chi connectivity index (χ4v) is 2.86. The van der Waals surface area contributed by atoms with Crippen LogP contribution in [0.25, 0.3) is 0 Å². The van der Waals surface area contributed by atoms with Gasteiger partial charge in [0.15, 0.2) is 11.2 Å². The Labute approximate surface area is 139 Å². The van der Waals surface area contributed by atoms with Crippen LogP contribution in [0.1, 0.15) is 22.2 Å². The van der Waals surface area contributed by atoms with E-state index in [1.165, 1.54) is 6.20 Å². The summed E-state index contributed by atoms with van der Waals surface area (Å²) in [5, 5.41) is 2.89. The first-order valence-electron chi connectivity index (χ1n) is 6.36. The van der Waals surface area contributed by atoms with Gasteiger partial charge >= 0.3 is 0 Å². The number of hydrogen-bond acceptors (Lipinski definition) is 5. The van der Waals surface area contributed by atoms with Crippen LogP contribution >= 0.6 is 27.3 Å². The molecule has 2 rings (SSSR count). The minimum Gasteiger partial charge on any atom is -0.480 e. The molecule has 0 saturated heterocycles. The molecule has 0 spiro atoms.